The Morgan fingerprint density at radius 3 is 2.21 bits per heavy atom. The molecule has 0 unspecified atom stereocenters. The van der Waals surface area contributed by atoms with E-state index in [9.17, 15) is 9.59 Å². The molecule has 2 N–H and O–H groups in total. The number of hydrogen-bond acceptors (Lipinski definition) is 5. The fourth-order valence-electron chi connectivity index (χ4n) is 1.80. The van der Waals surface area contributed by atoms with Crippen molar-refractivity contribution in [1.82, 2.24) is 0 Å². The summed E-state index contributed by atoms with van der Waals surface area (Å²) in [4.78, 5) is 22.7. The van der Waals surface area contributed by atoms with Gasteiger partial charge in [-0.05, 0) is 42.5 Å². The summed E-state index contributed by atoms with van der Waals surface area (Å²) >= 11 is 0. The summed E-state index contributed by atoms with van der Waals surface area (Å²) in [6.07, 6.45) is 0. The molecule has 0 aromatic heterocycles. The molecule has 0 aliphatic carbocycles. The molecule has 1 aliphatic heterocycles. The molecule has 5 heteroatoms. The van der Waals surface area contributed by atoms with E-state index < -0.39 is 11.9 Å². The second kappa shape index (κ2) is 4.13. The van der Waals surface area contributed by atoms with E-state index in [2.05, 4.69) is 4.74 Å². The van der Waals surface area contributed by atoms with Crippen molar-refractivity contribution >= 4 is 17.6 Å². The lowest BCUT2D eigenvalue weighted by Gasteiger charge is -2.06. The van der Waals surface area contributed by atoms with Crippen molar-refractivity contribution in [3.8, 4) is 11.5 Å². The van der Waals surface area contributed by atoms with Crippen LogP contribution in [0.15, 0.2) is 42.5 Å². The molecule has 0 amide bonds. The van der Waals surface area contributed by atoms with Gasteiger partial charge in [-0.2, -0.15) is 0 Å². The maximum absolute atomic E-state index is 11.4. The van der Waals surface area contributed by atoms with E-state index in [4.69, 9.17) is 10.5 Å². The maximum atomic E-state index is 11.4. The van der Waals surface area contributed by atoms with E-state index in [0.717, 1.165) is 0 Å². The molecule has 2 aromatic rings. The van der Waals surface area contributed by atoms with Crippen LogP contribution in [0.3, 0.4) is 0 Å². The third kappa shape index (κ3) is 2.01. The SMILES string of the molecule is Nc1ccc(Oc2ccc3c(c2)C(=O)OC3=O)cc1. The Hall–Kier alpha value is -2.82. The molecule has 0 spiro atoms. The number of carbonyl (C=O) groups excluding carboxylic acids is 2. The number of nitrogens with two attached hydrogens (primary N) is 1. The fourth-order valence-corrected chi connectivity index (χ4v) is 1.80. The normalized spacial score (nSPS) is 13.1. The van der Waals surface area contributed by atoms with Crippen molar-refractivity contribution < 1.29 is 19.1 Å². The summed E-state index contributed by atoms with van der Waals surface area (Å²) in [7, 11) is 0. The van der Waals surface area contributed by atoms with Gasteiger partial charge in [-0.15, -0.1) is 0 Å². The van der Waals surface area contributed by atoms with Crippen LogP contribution in [-0.4, -0.2) is 11.9 Å². The number of anilines is 1. The highest BCUT2D eigenvalue weighted by Crippen LogP contribution is 2.28. The van der Waals surface area contributed by atoms with Crippen molar-refractivity contribution in [2.45, 2.75) is 0 Å². The first kappa shape index (κ1) is 11.3. The minimum atomic E-state index is -0.650. The van der Waals surface area contributed by atoms with Gasteiger partial charge in [-0.1, -0.05) is 0 Å². The van der Waals surface area contributed by atoms with Gasteiger partial charge >= 0.3 is 11.9 Å². The fraction of sp³-hybridized carbons (Fsp3) is 0. The number of ether oxygens (including phenoxy) is 2. The zero-order valence-electron chi connectivity index (χ0n) is 9.75. The number of cyclic esters (lactones) is 2. The highest BCUT2D eigenvalue weighted by molar-refractivity contribution is 6.14. The molecule has 0 atom stereocenters. The standard InChI is InChI=1S/C14H9NO4/c15-8-1-3-9(4-2-8)18-10-5-6-11-12(7-10)14(17)19-13(11)16/h1-7H,15H2. The van der Waals surface area contributed by atoms with E-state index in [1.54, 1.807) is 30.3 Å². The molecule has 0 bridgehead atoms. The van der Waals surface area contributed by atoms with Crippen molar-refractivity contribution in [3.63, 3.8) is 0 Å². The monoisotopic (exact) mass is 255 g/mol. The quantitative estimate of drug-likeness (QED) is 0.506. The summed E-state index contributed by atoms with van der Waals surface area (Å²) in [6.45, 7) is 0. The Morgan fingerprint density at radius 1 is 0.842 bits per heavy atom. The molecular weight excluding hydrogens is 246 g/mol. The van der Waals surface area contributed by atoms with Gasteiger partial charge < -0.3 is 15.2 Å². The zero-order chi connectivity index (χ0) is 13.4. The molecule has 94 valence electrons. The molecule has 0 fully saturated rings. The summed E-state index contributed by atoms with van der Waals surface area (Å²) in [5, 5.41) is 0. The average Bonchev–Trinajstić information content (AvgIpc) is 2.68. The predicted octanol–water partition coefficient (Wildman–Crippen LogP) is 2.37. The van der Waals surface area contributed by atoms with Crippen LogP contribution >= 0.6 is 0 Å². The Bertz CT molecular complexity index is 676. The van der Waals surface area contributed by atoms with Gasteiger partial charge in [-0.25, -0.2) is 9.59 Å². The first-order chi connectivity index (χ1) is 9.13. The second-order valence-electron chi connectivity index (χ2n) is 4.06. The Balaban J connectivity index is 1.91. The molecule has 19 heavy (non-hydrogen) atoms. The van der Waals surface area contributed by atoms with E-state index in [0.29, 0.717) is 17.2 Å². The number of esters is 2. The molecule has 1 aliphatic rings. The number of benzene rings is 2. The maximum Gasteiger partial charge on any atom is 0.347 e. The van der Waals surface area contributed by atoms with Gasteiger partial charge in [-0.3, -0.25) is 0 Å². The molecule has 1 heterocycles. The first-order valence-corrected chi connectivity index (χ1v) is 5.57. The topological polar surface area (TPSA) is 78.6 Å². The number of rotatable bonds is 2. The summed E-state index contributed by atoms with van der Waals surface area (Å²) in [6, 6.07) is 11.4. The molecule has 5 nitrogen and oxygen atoms in total. The van der Waals surface area contributed by atoms with Crippen LogP contribution in [-0.2, 0) is 4.74 Å². The molecular formula is C14H9NO4. The van der Waals surface area contributed by atoms with Crippen molar-refractivity contribution in [1.29, 1.82) is 0 Å². The van der Waals surface area contributed by atoms with Gasteiger partial charge in [0.2, 0.25) is 0 Å². The molecule has 0 saturated carbocycles. The van der Waals surface area contributed by atoms with Crippen molar-refractivity contribution in [3.05, 3.63) is 53.6 Å². The third-order valence-corrected chi connectivity index (χ3v) is 2.73. The van der Waals surface area contributed by atoms with Crippen LogP contribution in [0.2, 0.25) is 0 Å². The summed E-state index contributed by atoms with van der Waals surface area (Å²) in [5.41, 5.74) is 6.69. The van der Waals surface area contributed by atoms with Gasteiger partial charge in [0.1, 0.15) is 11.5 Å². The Labute approximate surface area is 108 Å². The van der Waals surface area contributed by atoms with Gasteiger partial charge in [0.05, 0.1) is 11.1 Å². The van der Waals surface area contributed by atoms with E-state index >= 15 is 0 Å². The van der Waals surface area contributed by atoms with Crippen molar-refractivity contribution in [2.75, 3.05) is 5.73 Å². The molecule has 0 radical (unpaired) electrons. The second-order valence-corrected chi connectivity index (χ2v) is 4.06. The van der Waals surface area contributed by atoms with Crippen LogP contribution in [0.4, 0.5) is 5.69 Å². The largest absolute Gasteiger partial charge is 0.457 e. The lowest BCUT2D eigenvalue weighted by atomic mass is 10.1. The number of hydrogen-bond donors (Lipinski definition) is 1. The highest BCUT2D eigenvalue weighted by Gasteiger charge is 2.29. The van der Waals surface area contributed by atoms with Crippen LogP contribution in [0, 0.1) is 0 Å². The molecule has 3 rings (SSSR count). The summed E-state index contributed by atoms with van der Waals surface area (Å²) < 4.78 is 10.1. The average molecular weight is 255 g/mol. The lowest BCUT2D eigenvalue weighted by Crippen LogP contribution is -1.96. The van der Waals surface area contributed by atoms with Gasteiger partial charge in [0.15, 0.2) is 0 Å². The van der Waals surface area contributed by atoms with Gasteiger partial charge in [0.25, 0.3) is 0 Å². The first-order valence-electron chi connectivity index (χ1n) is 5.57. The van der Waals surface area contributed by atoms with E-state index in [1.165, 1.54) is 12.1 Å². The van der Waals surface area contributed by atoms with Crippen LogP contribution in [0.1, 0.15) is 20.7 Å². The molecule has 0 saturated heterocycles. The number of nitrogen functional groups attached to an aromatic ring is 1. The zero-order valence-corrected chi connectivity index (χ0v) is 9.75. The number of carbonyl (C=O) groups is 2. The van der Waals surface area contributed by atoms with Crippen molar-refractivity contribution in [2.24, 2.45) is 0 Å². The molecule has 2 aromatic carbocycles. The van der Waals surface area contributed by atoms with E-state index in [1.807, 2.05) is 0 Å². The number of fused-ring (bicyclic) bond motifs is 1. The predicted molar refractivity (Wildman–Crippen MR) is 67.1 cm³/mol. The van der Waals surface area contributed by atoms with Crippen LogP contribution in [0.5, 0.6) is 11.5 Å². The van der Waals surface area contributed by atoms with E-state index in [-0.39, 0.29) is 11.1 Å². The Morgan fingerprint density at radius 2 is 1.47 bits per heavy atom. The third-order valence-electron chi connectivity index (χ3n) is 2.73. The van der Waals surface area contributed by atoms with Crippen LogP contribution < -0.4 is 10.5 Å². The lowest BCUT2D eigenvalue weighted by molar-refractivity contribution is 0.0443. The van der Waals surface area contributed by atoms with Gasteiger partial charge in [0, 0.05) is 5.69 Å². The summed E-state index contributed by atoms with van der Waals surface area (Å²) in [5.74, 6) is -0.233. The van der Waals surface area contributed by atoms with Crippen LogP contribution in [0.25, 0.3) is 0 Å². The Kier molecular flexibility index (Phi) is 2.45. The highest BCUT2D eigenvalue weighted by atomic mass is 16.6. The minimum Gasteiger partial charge on any atom is -0.457 e. The minimum absolute atomic E-state index is 0.220. The smallest absolute Gasteiger partial charge is 0.347 e.